The molecule has 0 aliphatic heterocycles. The highest BCUT2D eigenvalue weighted by Crippen LogP contribution is 2.25. The minimum Gasteiger partial charge on any atom is -0.497 e. The van der Waals surface area contributed by atoms with Crippen LogP contribution in [0.3, 0.4) is 0 Å². The van der Waals surface area contributed by atoms with E-state index in [1.54, 1.807) is 21.3 Å². The predicted octanol–water partition coefficient (Wildman–Crippen LogP) is 4.05. The Labute approximate surface area is 189 Å². The van der Waals surface area contributed by atoms with Crippen LogP contribution in [0.2, 0.25) is 0 Å². The molecule has 0 fully saturated rings. The molecule has 0 spiro atoms. The standard InChI is InChI=1S/C22H28N4O2.HI/c1-23-22(24-12-11-16-14-25-20-8-6-5-7-19(16)20)26(2)15-17-9-10-18(27-3)13-21(17)28-4;/h5-10,13-14,25H,11-12,15H2,1-4H3,(H,23,24);1H. The van der Waals surface area contributed by atoms with Crippen LogP contribution in [0.15, 0.2) is 53.7 Å². The Hall–Kier alpha value is -2.42. The number of guanidine groups is 1. The second kappa shape index (κ2) is 10.9. The third kappa shape index (κ3) is 5.56. The molecule has 0 atom stereocenters. The van der Waals surface area contributed by atoms with E-state index in [9.17, 15) is 0 Å². The molecule has 0 saturated heterocycles. The number of para-hydroxylation sites is 1. The summed E-state index contributed by atoms with van der Waals surface area (Å²) in [6, 6.07) is 14.2. The second-order valence-corrected chi connectivity index (χ2v) is 6.62. The Kier molecular flexibility index (Phi) is 8.63. The van der Waals surface area contributed by atoms with Gasteiger partial charge in [-0.25, -0.2) is 0 Å². The van der Waals surface area contributed by atoms with E-state index in [1.807, 2.05) is 31.3 Å². The van der Waals surface area contributed by atoms with Gasteiger partial charge in [-0.2, -0.15) is 0 Å². The minimum absolute atomic E-state index is 0. The molecule has 7 heteroatoms. The van der Waals surface area contributed by atoms with Crippen molar-refractivity contribution < 1.29 is 9.47 Å². The number of hydrogen-bond donors (Lipinski definition) is 2. The number of benzene rings is 2. The first-order valence-corrected chi connectivity index (χ1v) is 9.34. The first kappa shape index (κ1) is 22.9. The van der Waals surface area contributed by atoms with E-state index in [-0.39, 0.29) is 24.0 Å². The van der Waals surface area contributed by atoms with Crippen molar-refractivity contribution in [3.63, 3.8) is 0 Å². The number of halogens is 1. The fourth-order valence-corrected chi connectivity index (χ4v) is 3.35. The van der Waals surface area contributed by atoms with E-state index in [0.717, 1.165) is 36.0 Å². The van der Waals surface area contributed by atoms with Crippen molar-refractivity contribution in [2.45, 2.75) is 13.0 Å². The van der Waals surface area contributed by atoms with Gasteiger partial charge >= 0.3 is 0 Å². The van der Waals surface area contributed by atoms with Crippen molar-refractivity contribution in [3.8, 4) is 11.5 Å². The lowest BCUT2D eigenvalue weighted by Crippen LogP contribution is -2.39. The van der Waals surface area contributed by atoms with Crippen molar-refractivity contribution in [3.05, 3.63) is 59.8 Å². The molecule has 156 valence electrons. The summed E-state index contributed by atoms with van der Waals surface area (Å²) in [4.78, 5) is 9.82. The first-order valence-electron chi connectivity index (χ1n) is 9.34. The molecule has 0 aliphatic carbocycles. The Balaban J connectivity index is 0.00000300. The zero-order valence-electron chi connectivity index (χ0n) is 17.4. The van der Waals surface area contributed by atoms with E-state index >= 15 is 0 Å². The van der Waals surface area contributed by atoms with Gasteiger partial charge in [0.05, 0.1) is 14.2 Å². The fraction of sp³-hybridized carbons (Fsp3) is 0.318. The number of nitrogens with zero attached hydrogens (tertiary/aromatic N) is 2. The van der Waals surface area contributed by atoms with Crippen LogP contribution in [-0.2, 0) is 13.0 Å². The Morgan fingerprint density at radius 3 is 2.62 bits per heavy atom. The average molecular weight is 508 g/mol. The largest absolute Gasteiger partial charge is 0.497 e. The average Bonchev–Trinajstić information content (AvgIpc) is 3.14. The lowest BCUT2D eigenvalue weighted by Gasteiger charge is -2.23. The van der Waals surface area contributed by atoms with E-state index < -0.39 is 0 Å². The van der Waals surface area contributed by atoms with Crippen molar-refractivity contribution in [1.29, 1.82) is 0 Å². The van der Waals surface area contributed by atoms with Crippen molar-refractivity contribution in [2.75, 3.05) is 34.9 Å². The SMILES string of the molecule is CN=C(NCCc1c[nH]c2ccccc12)N(C)Cc1ccc(OC)cc1OC.I. The molecule has 0 amide bonds. The van der Waals surface area contributed by atoms with E-state index in [2.05, 4.69) is 44.6 Å². The van der Waals surface area contributed by atoms with Crippen LogP contribution in [0.5, 0.6) is 11.5 Å². The van der Waals surface area contributed by atoms with Gasteiger partial charge in [0.15, 0.2) is 5.96 Å². The van der Waals surface area contributed by atoms with E-state index in [1.165, 1.54) is 16.5 Å². The van der Waals surface area contributed by atoms with Gasteiger partial charge in [0, 0.05) is 55.9 Å². The molecule has 29 heavy (non-hydrogen) atoms. The number of nitrogens with one attached hydrogen (secondary N) is 2. The van der Waals surface area contributed by atoms with E-state index in [0.29, 0.717) is 6.54 Å². The quantitative estimate of drug-likeness (QED) is 0.287. The molecule has 2 N–H and O–H groups in total. The summed E-state index contributed by atoms with van der Waals surface area (Å²) >= 11 is 0. The number of fused-ring (bicyclic) bond motifs is 1. The molecule has 0 bridgehead atoms. The summed E-state index contributed by atoms with van der Waals surface area (Å²) in [5.74, 6) is 2.43. The third-order valence-corrected chi connectivity index (χ3v) is 4.83. The van der Waals surface area contributed by atoms with Gasteiger partial charge in [-0.3, -0.25) is 4.99 Å². The maximum absolute atomic E-state index is 5.50. The number of hydrogen-bond acceptors (Lipinski definition) is 3. The van der Waals surface area contributed by atoms with Crippen LogP contribution in [0.4, 0.5) is 0 Å². The van der Waals surface area contributed by atoms with Gasteiger partial charge in [-0.1, -0.05) is 18.2 Å². The molecule has 0 unspecified atom stereocenters. The van der Waals surface area contributed by atoms with Gasteiger partial charge in [0.25, 0.3) is 0 Å². The van der Waals surface area contributed by atoms with Crippen LogP contribution in [0.25, 0.3) is 10.9 Å². The monoisotopic (exact) mass is 508 g/mol. The molecule has 0 saturated carbocycles. The van der Waals surface area contributed by atoms with Gasteiger partial charge in [-0.05, 0) is 30.2 Å². The molecule has 0 radical (unpaired) electrons. The normalized spacial score (nSPS) is 11.1. The lowest BCUT2D eigenvalue weighted by atomic mass is 10.1. The molecule has 1 heterocycles. The highest BCUT2D eigenvalue weighted by molar-refractivity contribution is 14.0. The molecule has 6 nitrogen and oxygen atoms in total. The number of methoxy groups -OCH3 is 2. The smallest absolute Gasteiger partial charge is 0.193 e. The van der Waals surface area contributed by atoms with Crippen LogP contribution in [-0.4, -0.2) is 50.7 Å². The topological polar surface area (TPSA) is 61.9 Å². The molecule has 3 rings (SSSR count). The number of H-pyrrole nitrogens is 1. The Morgan fingerprint density at radius 1 is 1.10 bits per heavy atom. The summed E-state index contributed by atoms with van der Waals surface area (Å²) < 4.78 is 10.8. The number of aromatic amines is 1. The second-order valence-electron chi connectivity index (χ2n) is 6.62. The highest BCUT2D eigenvalue weighted by atomic mass is 127. The molecule has 2 aromatic carbocycles. The molecule has 3 aromatic rings. The van der Waals surface area contributed by atoms with Crippen molar-refractivity contribution in [1.82, 2.24) is 15.2 Å². The van der Waals surface area contributed by atoms with E-state index in [4.69, 9.17) is 9.47 Å². The fourth-order valence-electron chi connectivity index (χ4n) is 3.35. The number of aliphatic imine (C=N–C) groups is 1. The predicted molar refractivity (Wildman–Crippen MR) is 130 cm³/mol. The zero-order valence-corrected chi connectivity index (χ0v) is 19.7. The first-order chi connectivity index (χ1) is 13.7. The van der Waals surface area contributed by atoms with Crippen LogP contribution < -0.4 is 14.8 Å². The maximum atomic E-state index is 5.50. The van der Waals surface area contributed by atoms with Crippen LogP contribution >= 0.6 is 24.0 Å². The van der Waals surface area contributed by atoms with Gasteiger partial charge in [-0.15, -0.1) is 24.0 Å². The third-order valence-electron chi connectivity index (χ3n) is 4.83. The zero-order chi connectivity index (χ0) is 19.9. The molecular formula is C22H29IN4O2. The highest BCUT2D eigenvalue weighted by Gasteiger charge is 2.11. The molecular weight excluding hydrogens is 479 g/mol. The van der Waals surface area contributed by atoms with Gasteiger partial charge in [0.1, 0.15) is 11.5 Å². The Morgan fingerprint density at radius 2 is 1.90 bits per heavy atom. The summed E-state index contributed by atoms with van der Waals surface area (Å²) in [5, 5.41) is 4.72. The molecule has 1 aromatic heterocycles. The van der Waals surface area contributed by atoms with Crippen molar-refractivity contribution >= 4 is 40.8 Å². The van der Waals surface area contributed by atoms with Crippen molar-refractivity contribution in [2.24, 2.45) is 4.99 Å². The number of aromatic nitrogens is 1. The minimum atomic E-state index is 0. The Bertz CT molecular complexity index is 955. The number of rotatable bonds is 7. The number of ether oxygens (including phenoxy) is 2. The summed E-state index contributed by atoms with van der Waals surface area (Å²) in [7, 11) is 7.15. The molecule has 0 aliphatic rings. The maximum Gasteiger partial charge on any atom is 0.193 e. The van der Waals surface area contributed by atoms with Crippen LogP contribution in [0, 0.1) is 0 Å². The van der Waals surface area contributed by atoms with Crippen LogP contribution in [0.1, 0.15) is 11.1 Å². The van der Waals surface area contributed by atoms with Gasteiger partial charge in [0.2, 0.25) is 0 Å². The summed E-state index contributed by atoms with van der Waals surface area (Å²) in [5.41, 5.74) is 3.55. The summed E-state index contributed by atoms with van der Waals surface area (Å²) in [6.07, 6.45) is 3.00. The van der Waals surface area contributed by atoms with Gasteiger partial charge < -0.3 is 24.7 Å². The lowest BCUT2D eigenvalue weighted by molar-refractivity contribution is 0.382. The summed E-state index contributed by atoms with van der Waals surface area (Å²) in [6.45, 7) is 1.48.